The second-order valence-electron chi connectivity index (χ2n) is 7.42. The molecule has 8 heteroatoms. The Kier molecular flexibility index (Phi) is 6.05. The minimum Gasteiger partial charge on any atom is -0.548 e. The van der Waals surface area contributed by atoms with Crippen LogP contribution >= 0.6 is 11.8 Å². The van der Waals surface area contributed by atoms with Crippen molar-refractivity contribution in [2.45, 2.75) is 19.4 Å². The van der Waals surface area contributed by atoms with E-state index in [1.54, 1.807) is 25.5 Å². The molecule has 1 N–H and O–H groups in total. The van der Waals surface area contributed by atoms with Gasteiger partial charge in [-0.3, -0.25) is 4.79 Å². The second-order valence-corrected chi connectivity index (χ2v) is 8.33. The number of hydrogen-bond donors (Lipinski definition) is 1. The predicted molar refractivity (Wildman–Crippen MR) is 121 cm³/mol. The standard InChI is InChI=1S/C24H21NO6S/c1-13-15-8-17-18(14-6-4-3-5-7-14)11-30-20(17)10-21(15)31-24(29)16(13)9-22(26)25-19(12-32-2)23(27)28/h3-8,10-11,19H,9,12H2,1-2H3,(H,25,26)(H,27,28)/p-1/t19-/m0/s1. The van der Waals surface area contributed by atoms with E-state index in [4.69, 9.17) is 8.83 Å². The maximum Gasteiger partial charge on any atom is 0.340 e. The first-order valence-electron chi connectivity index (χ1n) is 9.91. The fourth-order valence-electron chi connectivity index (χ4n) is 3.70. The van der Waals surface area contributed by atoms with E-state index in [0.717, 1.165) is 16.5 Å². The summed E-state index contributed by atoms with van der Waals surface area (Å²) in [7, 11) is 0. The monoisotopic (exact) mass is 450 g/mol. The second kappa shape index (κ2) is 8.92. The molecule has 2 aromatic carbocycles. The lowest BCUT2D eigenvalue weighted by Gasteiger charge is -2.18. The van der Waals surface area contributed by atoms with Gasteiger partial charge in [0.05, 0.1) is 30.3 Å². The molecule has 0 aliphatic carbocycles. The molecule has 0 fully saturated rings. The third-order valence-electron chi connectivity index (χ3n) is 5.36. The van der Waals surface area contributed by atoms with Crippen molar-refractivity contribution in [1.82, 2.24) is 5.32 Å². The SMILES string of the molecule is CSC[C@H](NC(=O)Cc1c(C)c2cc3c(-c4ccccc4)coc3cc2oc1=O)C(=O)[O-]. The first kappa shape index (κ1) is 21.7. The maximum atomic E-state index is 12.6. The number of aliphatic carboxylic acids is 1. The molecule has 32 heavy (non-hydrogen) atoms. The Morgan fingerprint density at radius 1 is 1.12 bits per heavy atom. The van der Waals surface area contributed by atoms with Crippen LogP contribution < -0.4 is 16.0 Å². The molecule has 4 aromatic rings. The zero-order chi connectivity index (χ0) is 22.8. The Bertz CT molecular complexity index is 1370. The van der Waals surface area contributed by atoms with Gasteiger partial charge in [-0.15, -0.1) is 0 Å². The number of fused-ring (bicyclic) bond motifs is 2. The molecule has 164 valence electrons. The van der Waals surface area contributed by atoms with Crippen molar-refractivity contribution in [3.8, 4) is 11.1 Å². The summed E-state index contributed by atoms with van der Waals surface area (Å²) in [5.74, 6) is -1.79. The number of benzene rings is 2. The van der Waals surface area contributed by atoms with Gasteiger partial charge in [-0.05, 0) is 30.4 Å². The molecule has 2 heterocycles. The molecule has 0 aliphatic rings. The summed E-state index contributed by atoms with van der Waals surface area (Å²) in [6, 6.07) is 12.2. The van der Waals surface area contributed by atoms with E-state index < -0.39 is 23.5 Å². The molecule has 0 aliphatic heterocycles. The van der Waals surface area contributed by atoms with Crippen molar-refractivity contribution >= 4 is 45.6 Å². The van der Waals surface area contributed by atoms with Crippen molar-refractivity contribution in [3.63, 3.8) is 0 Å². The van der Waals surface area contributed by atoms with Gasteiger partial charge in [-0.1, -0.05) is 30.3 Å². The van der Waals surface area contributed by atoms with Gasteiger partial charge in [-0.2, -0.15) is 11.8 Å². The third-order valence-corrected chi connectivity index (χ3v) is 6.02. The molecule has 1 atom stereocenters. The Hall–Kier alpha value is -3.52. The normalized spacial score (nSPS) is 12.2. The van der Waals surface area contributed by atoms with Crippen molar-refractivity contribution in [3.05, 3.63) is 70.3 Å². The topological polar surface area (TPSA) is 113 Å². The number of carbonyl (C=O) groups excluding carboxylic acids is 2. The van der Waals surface area contributed by atoms with E-state index in [1.165, 1.54) is 11.8 Å². The van der Waals surface area contributed by atoms with Crippen molar-refractivity contribution in [1.29, 1.82) is 0 Å². The number of carboxylic acid groups (broad SMARTS) is 1. The largest absolute Gasteiger partial charge is 0.548 e. The van der Waals surface area contributed by atoms with Crippen LogP contribution in [0.15, 0.2) is 62.4 Å². The van der Waals surface area contributed by atoms with Gasteiger partial charge in [0.25, 0.3) is 0 Å². The van der Waals surface area contributed by atoms with Crippen LogP contribution in [0.25, 0.3) is 33.1 Å². The molecule has 0 saturated heterocycles. The fourth-order valence-corrected chi connectivity index (χ4v) is 4.25. The molecule has 0 unspecified atom stereocenters. The number of aryl methyl sites for hydroxylation is 1. The van der Waals surface area contributed by atoms with Crippen molar-refractivity contribution in [2.24, 2.45) is 0 Å². The van der Waals surface area contributed by atoms with Crippen LogP contribution in [0, 0.1) is 6.92 Å². The highest BCUT2D eigenvalue weighted by Gasteiger charge is 2.19. The van der Waals surface area contributed by atoms with Crippen LogP contribution in [-0.2, 0) is 16.0 Å². The van der Waals surface area contributed by atoms with E-state index >= 15 is 0 Å². The molecule has 0 bridgehead atoms. The number of rotatable bonds is 7. The van der Waals surface area contributed by atoms with Crippen LogP contribution in [0.4, 0.5) is 0 Å². The fraction of sp³-hybridized carbons (Fsp3) is 0.208. The maximum absolute atomic E-state index is 12.6. The highest BCUT2D eigenvalue weighted by Crippen LogP contribution is 2.34. The summed E-state index contributed by atoms with van der Waals surface area (Å²) >= 11 is 1.27. The molecule has 0 saturated carbocycles. The highest BCUT2D eigenvalue weighted by molar-refractivity contribution is 7.98. The quantitative estimate of drug-likeness (QED) is 0.431. The van der Waals surface area contributed by atoms with Gasteiger partial charge >= 0.3 is 5.63 Å². The number of nitrogens with one attached hydrogen (secondary N) is 1. The lowest BCUT2D eigenvalue weighted by atomic mass is 9.99. The predicted octanol–water partition coefficient (Wildman–Crippen LogP) is 2.65. The number of amides is 1. The van der Waals surface area contributed by atoms with Gasteiger partial charge in [-0.25, -0.2) is 4.79 Å². The zero-order valence-electron chi connectivity index (χ0n) is 17.5. The van der Waals surface area contributed by atoms with Crippen LogP contribution in [0.2, 0.25) is 0 Å². The van der Waals surface area contributed by atoms with Crippen LogP contribution in [0.5, 0.6) is 0 Å². The number of furan rings is 1. The molecular formula is C24H20NO6S-. The van der Waals surface area contributed by atoms with Crippen molar-refractivity contribution < 1.29 is 23.5 Å². The number of carbonyl (C=O) groups is 2. The molecular weight excluding hydrogens is 430 g/mol. The van der Waals surface area contributed by atoms with E-state index in [9.17, 15) is 19.5 Å². The molecule has 2 aromatic heterocycles. The minimum atomic E-state index is -1.37. The molecule has 4 rings (SSSR count). The molecule has 7 nitrogen and oxygen atoms in total. The Morgan fingerprint density at radius 3 is 2.56 bits per heavy atom. The summed E-state index contributed by atoms with van der Waals surface area (Å²) in [6.45, 7) is 1.74. The van der Waals surface area contributed by atoms with Gasteiger partial charge in [0.1, 0.15) is 11.2 Å². The average molecular weight is 450 g/mol. The van der Waals surface area contributed by atoms with Gasteiger partial charge in [0.15, 0.2) is 0 Å². The first-order chi connectivity index (χ1) is 15.4. The highest BCUT2D eigenvalue weighted by atomic mass is 32.2. The lowest BCUT2D eigenvalue weighted by molar-refractivity contribution is -0.307. The van der Waals surface area contributed by atoms with Crippen molar-refractivity contribution in [2.75, 3.05) is 12.0 Å². The third kappa shape index (κ3) is 4.13. The molecule has 1 amide bonds. The van der Waals surface area contributed by atoms with Gasteiger partial charge in [0, 0.05) is 28.2 Å². The van der Waals surface area contributed by atoms with E-state index in [-0.39, 0.29) is 17.7 Å². The molecule has 0 radical (unpaired) electrons. The van der Waals surface area contributed by atoms with Crippen LogP contribution in [0.3, 0.4) is 0 Å². The zero-order valence-corrected chi connectivity index (χ0v) is 18.3. The summed E-state index contributed by atoms with van der Waals surface area (Å²) in [5, 5.41) is 15.1. The summed E-state index contributed by atoms with van der Waals surface area (Å²) in [5.41, 5.74) is 2.97. The smallest absolute Gasteiger partial charge is 0.340 e. The Labute approximate surface area is 187 Å². The van der Waals surface area contributed by atoms with Gasteiger partial charge < -0.3 is 24.1 Å². The summed E-state index contributed by atoms with van der Waals surface area (Å²) in [4.78, 5) is 36.2. The minimum absolute atomic E-state index is 0.167. The summed E-state index contributed by atoms with van der Waals surface area (Å²) in [6.07, 6.45) is 3.09. The number of thioether (sulfide) groups is 1. The number of hydrogen-bond acceptors (Lipinski definition) is 7. The summed E-state index contributed by atoms with van der Waals surface area (Å²) < 4.78 is 11.2. The van der Waals surface area contributed by atoms with Crippen LogP contribution in [0.1, 0.15) is 11.1 Å². The van der Waals surface area contributed by atoms with Gasteiger partial charge in [0.2, 0.25) is 5.91 Å². The molecule has 0 spiro atoms. The average Bonchev–Trinajstić information content (AvgIpc) is 3.18. The Balaban J connectivity index is 1.74. The lowest BCUT2D eigenvalue weighted by Crippen LogP contribution is -2.50. The van der Waals surface area contributed by atoms with E-state index in [1.807, 2.05) is 36.4 Å². The Morgan fingerprint density at radius 2 is 1.88 bits per heavy atom. The number of carboxylic acids is 1. The van der Waals surface area contributed by atoms with E-state index in [0.29, 0.717) is 22.1 Å². The van der Waals surface area contributed by atoms with Crippen LogP contribution in [-0.4, -0.2) is 29.9 Å². The van der Waals surface area contributed by atoms with E-state index in [2.05, 4.69) is 5.32 Å². The first-order valence-corrected chi connectivity index (χ1v) is 11.3.